The summed E-state index contributed by atoms with van der Waals surface area (Å²) in [5.74, 6) is -0.716. The number of ether oxygens (including phenoxy) is 1. The lowest BCUT2D eigenvalue weighted by Gasteiger charge is -2.40. The zero-order chi connectivity index (χ0) is 15.6. The van der Waals surface area contributed by atoms with Gasteiger partial charge in [0.2, 0.25) is 0 Å². The number of rotatable bonds is 4. The summed E-state index contributed by atoms with van der Waals surface area (Å²) in [4.78, 5) is 0. The summed E-state index contributed by atoms with van der Waals surface area (Å²) < 4.78 is 42.0. The van der Waals surface area contributed by atoms with Gasteiger partial charge in [-0.3, -0.25) is 0 Å². The Hall–Kier alpha value is -1.39. The lowest BCUT2D eigenvalue weighted by atomic mass is 9.70. The molecule has 0 radical (unpaired) electrons. The molecule has 0 amide bonds. The Balaban J connectivity index is 2.02. The molecule has 1 aromatic rings. The van der Waals surface area contributed by atoms with Gasteiger partial charge in [0, 0.05) is 17.8 Å². The van der Waals surface area contributed by atoms with Crippen LogP contribution in [0, 0.1) is 17.2 Å². The van der Waals surface area contributed by atoms with Crippen LogP contribution >= 0.6 is 0 Å². The zero-order valence-electron chi connectivity index (χ0n) is 12.6. The number of alkyl halides is 2. The number of benzene rings is 1. The molecule has 0 heterocycles. The fourth-order valence-corrected chi connectivity index (χ4v) is 3.16. The van der Waals surface area contributed by atoms with E-state index in [-0.39, 0.29) is 6.04 Å². The minimum Gasteiger partial charge on any atom is -0.432 e. The molecule has 2 nitrogen and oxygen atoms in total. The van der Waals surface area contributed by atoms with Crippen molar-refractivity contribution in [3.63, 3.8) is 0 Å². The first kappa shape index (κ1) is 16.0. The molecule has 1 aromatic carbocycles. The second kappa shape index (κ2) is 6.16. The van der Waals surface area contributed by atoms with Crippen LogP contribution in [0.5, 0.6) is 5.75 Å². The monoisotopic (exact) mass is 301 g/mol. The first-order valence-electron chi connectivity index (χ1n) is 7.28. The van der Waals surface area contributed by atoms with Crippen LogP contribution in [-0.2, 0) is 0 Å². The van der Waals surface area contributed by atoms with E-state index in [1.165, 1.54) is 12.1 Å². The molecule has 2 rings (SSSR count). The predicted molar refractivity (Wildman–Crippen MR) is 77.2 cm³/mol. The first-order valence-corrected chi connectivity index (χ1v) is 7.28. The standard InChI is InChI=1S/C16H22F3NO/c1-10-9-16(2,3)7-6-13(10)20-11-4-5-14(12(17)8-11)21-15(18)19/h4-5,8,10,13,15,20H,6-7,9H2,1-3H3. The van der Waals surface area contributed by atoms with Crippen LogP contribution in [0.25, 0.3) is 0 Å². The van der Waals surface area contributed by atoms with Crippen LogP contribution in [0.2, 0.25) is 0 Å². The van der Waals surface area contributed by atoms with E-state index in [2.05, 4.69) is 30.8 Å². The lowest BCUT2D eigenvalue weighted by Crippen LogP contribution is -2.36. The van der Waals surface area contributed by atoms with Crippen molar-refractivity contribution < 1.29 is 17.9 Å². The average molecular weight is 301 g/mol. The van der Waals surface area contributed by atoms with E-state index in [1.54, 1.807) is 6.07 Å². The Morgan fingerprint density at radius 2 is 2.05 bits per heavy atom. The summed E-state index contributed by atoms with van der Waals surface area (Å²) in [6, 6.07) is 4.30. The van der Waals surface area contributed by atoms with Crippen molar-refractivity contribution in [2.75, 3.05) is 5.32 Å². The highest BCUT2D eigenvalue weighted by molar-refractivity contribution is 5.48. The summed E-state index contributed by atoms with van der Waals surface area (Å²) in [5.41, 5.74) is 0.948. The predicted octanol–water partition coefficient (Wildman–Crippen LogP) is 5.05. The molecule has 0 spiro atoms. The molecule has 21 heavy (non-hydrogen) atoms. The van der Waals surface area contributed by atoms with E-state index in [0.717, 1.165) is 19.3 Å². The van der Waals surface area contributed by atoms with Gasteiger partial charge in [0.05, 0.1) is 0 Å². The van der Waals surface area contributed by atoms with Crippen molar-refractivity contribution in [2.45, 2.75) is 52.7 Å². The van der Waals surface area contributed by atoms with Gasteiger partial charge in [-0.1, -0.05) is 20.8 Å². The van der Waals surface area contributed by atoms with Crippen molar-refractivity contribution in [3.8, 4) is 5.75 Å². The van der Waals surface area contributed by atoms with Crippen LogP contribution in [0.3, 0.4) is 0 Å². The number of anilines is 1. The molecule has 1 N–H and O–H groups in total. The smallest absolute Gasteiger partial charge is 0.387 e. The van der Waals surface area contributed by atoms with Gasteiger partial charge in [-0.2, -0.15) is 8.78 Å². The molecule has 0 saturated heterocycles. The Kier molecular flexibility index (Phi) is 4.69. The van der Waals surface area contributed by atoms with Crippen molar-refractivity contribution in [1.82, 2.24) is 0 Å². The van der Waals surface area contributed by atoms with Crippen molar-refractivity contribution in [1.29, 1.82) is 0 Å². The molecule has 0 aromatic heterocycles. The summed E-state index contributed by atoms with van der Waals surface area (Å²) in [5, 5.41) is 3.31. The molecule has 2 unspecified atom stereocenters. The van der Waals surface area contributed by atoms with E-state index < -0.39 is 18.2 Å². The fraction of sp³-hybridized carbons (Fsp3) is 0.625. The Labute approximate surface area is 123 Å². The highest BCUT2D eigenvalue weighted by atomic mass is 19.3. The van der Waals surface area contributed by atoms with Crippen LogP contribution in [0.1, 0.15) is 40.0 Å². The van der Waals surface area contributed by atoms with Gasteiger partial charge in [-0.15, -0.1) is 0 Å². The van der Waals surface area contributed by atoms with Gasteiger partial charge >= 0.3 is 6.61 Å². The summed E-state index contributed by atoms with van der Waals surface area (Å²) in [6.07, 6.45) is 3.24. The summed E-state index contributed by atoms with van der Waals surface area (Å²) >= 11 is 0. The third kappa shape index (κ3) is 4.29. The molecule has 1 aliphatic carbocycles. The van der Waals surface area contributed by atoms with Crippen molar-refractivity contribution in [3.05, 3.63) is 24.0 Å². The minimum absolute atomic E-state index is 0.277. The number of nitrogens with one attached hydrogen (secondary N) is 1. The van der Waals surface area contributed by atoms with Gasteiger partial charge in [0.15, 0.2) is 11.6 Å². The fourth-order valence-electron chi connectivity index (χ4n) is 3.16. The molecular weight excluding hydrogens is 279 g/mol. The SMILES string of the molecule is CC1CC(C)(C)CCC1Nc1ccc(OC(F)F)c(F)c1. The van der Waals surface area contributed by atoms with Gasteiger partial charge < -0.3 is 10.1 Å². The number of hydrogen-bond acceptors (Lipinski definition) is 2. The first-order chi connectivity index (χ1) is 9.77. The molecule has 1 saturated carbocycles. The summed E-state index contributed by atoms with van der Waals surface area (Å²) in [6.45, 7) is 3.69. The van der Waals surface area contributed by atoms with Crippen LogP contribution in [0.4, 0.5) is 18.9 Å². The normalized spacial score (nSPS) is 24.9. The van der Waals surface area contributed by atoms with E-state index in [1.807, 2.05) is 0 Å². The number of halogens is 3. The van der Waals surface area contributed by atoms with E-state index in [9.17, 15) is 13.2 Å². The van der Waals surface area contributed by atoms with Gasteiger partial charge in [-0.05, 0) is 42.7 Å². The van der Waals surface area contributed by atoms with Gasteiger partial charge in [0.25, 0.3) is 0 Å². The quantitative estimate of drug-likeness (QED) is 0.840. The largest absolute Gasteiger partial charge is 0.432 e. The Morgan fingerprint density at radius 3 is 2.62 bits per heavy atom. The van der Waals surface area contributed by atoms with Crippen molar-refractivity contribution >= 4 is 5.69 Å². The molecule has 118 valence electrons. The maximum atomic E-state index is 13.7. The third-order valence-electron chi connectivity index (χ3n) is 4.19. The summed E-state index contributed by atoms with van der Waals surface area (Å²) in [7, 11) is 0. The minimum atomic E-state index is -3.01. The van der Waals surface area contributed by atoms with Gasteiger partial charge in [0.1, 0.15) is 0 Å². The van der Waals surface area contributed by atoms with Crippen LogP contribution < -0.4 is 10.1 Å². The molecule has 2 atom stereocenters. The van der Waals surface area contributed by atoms with E-state index >= 15 is 0 Å². The van der Waals surface area contributed by atoms with E-state index in [0.29, 0.717) is 17.0 Å². The molecule has 0 bridgehead atoms. The maximum Gasteiger partial charge on any atom is 0.387 e. The second-order valence-corrected chi connectivity index (χ2v) is 6.66. The number of hydrogen-bond donors (Lipinski definition) is 1. The van der Waals surface area contributed by atoms with Crippen LogP contribution in [0.15, 0.2) is 18.2 Å². The Morgan fingerprint density at radius 1 is 1.33 bits per heavy atom. The van der Waals surface area contributed by atoms with Crippen LogP contribution in [-0.4, -0.2) is 12.7 Å². The zero-order valence-corrected chi connectivity index (χ0v) is 12.6. The molecule has 1 aliphatic rings. The highest BCUT2D eigenvalue weighted by Gasteiger charge is 2.32. The topological polar surface area (TPSA) is 21.3 Å². The maximum absolute atomic E-state index is 13.7. The third-order valence-corrected chi connectivity index (χ3v) is 4.19. The lowest BCUT2D eigenvalue weighted by molar-refractivity contribution is -0.0521. The molecule has 1 fully saturated rings. The highest BCUT2D eigenvalue weighted by Crippen LogP contribution is 2.39. The molecule has 0 aliphatic heterocycles. The van der Waals surface area contributed by atoms with Crippen molar-refractivity contribution in [2.24, 2.45) is 11.3 Å². The van der Waals surface area contributed by atoms with E-state index in [4.69, 9.17) is 0 Å². The molecule has 5 heteroatoms. The second-order valence-electron chi connectivity index (χ2n) is 6.66. The average Bonchev–Trinajstić information content (AvgIpc) is 2.35. The Bertz CT molecular complexity index is 490. The molecular formula is C16H22F3NO. The van der Waals surface area contributed by atoms with Gasteiger partial charge in [-0.25, -0.2) is 4.39 Å².